The van der Waals surface area contributed by atoms with Crippen molar-refractivity contribution in [2.75, 3.05) is 13.2 Å². The van der Waals surface area contributed by atoms with Crippen LogP contribution in [0.4, 0.5) is 0 Å². The Morgan fingerprint density at radius 1 is 1.65 bits per heavy atom. The standard InChI is InChI=1S/C11H19N3O3/c1-2-17-7-3-5-11(13)6-4-9(14(15)16)8-10(11)12/h4,6,8,10H,2-3,5,7,12-13H2,1H3. The van der Waals surface area contributed by atoms with Crippen molar-refractivity contribution in [2.45, 2.75) is 31.3 Å². The van der Waals surface area contributed by atoms with Crippen LogP contribution in [-0.4, -0.2) is 29.7 Å². The molecule has 0 heterocycles. The predicted octanol–water partition coefficient (Wildman–Crippen LogP) is 0.558. The van der Waals surface area contributed by atoms with E-state index in [4.69, 9.17) is 16.2 Å². The maximum absolute atomic E-state index is 10.6. The van der Waals surface area contributed by atoms with Crippen LogP contribution in [0.15, 0.2) is 23.9 Å². The van der Waals surface area contributed by atoms with Crippen LogP contribution < -0.4 is 11.5 Å². The van der Waals surface area contributed by atoms with Crippen LogP contribution in [0.5, 0.6) is 0 Å². The lowest BCUT2D eigenvalue weighted by Crippen LogP contribution is -2.54. The highest BCUT2D eigenvalue weighted by atomic mass is 16.6. The van der Waals surface area contributed by atoms with Gasteiger partial charge >= 0.3 is 0 Å². The first kappa shape index (κ1) is 13.8. The van der Waals surface area contributed by atoms with Crippen LogP contribution in [0, 0.1) is 10.1 Å². The number of nitrogens with zero attached hydrogens (tertiary/aromatic N) is 1. The Bertz CT molecular complexity index is 341. The van der Waals surface area contributed by atoms with Gasteiger partial charge in [0.05, 0.1) is 16.5 Å². The lowest BCUT2D eigenvalue weighted by atomic mass is 9.83. The zero-order valence-electron chi connectivity index (χ0n) is 9.96. The van der Waals surface area contributed by atoms with Crippen molar-refractivity contribution in [1.29, 1.82) is 0 Å². The molecule has 0 radical (unpaired) electrons. The summed E-state index contributed by atoms with van der Waals surface area (Å²) in [6.07, 6.45) is 5.88. The largest absolute Gasteiger partial charge is 0.382 e. The number of hydrogen-bond acceptors (Lipinski definition) is 5. The summed E-state index contributed by atoms with van der Waals surface area (Å²) in [5, 5.41) is 10.6. The molecule has 0 aromatic carbocycles. The summed E-state index contributed by atoms with van der Waals surface area (Å²) in [7, 11) is 0. The maximum atomic E-state index is 10.6. The summed E-state index contributed by atoms with van der Waals surface area (Å²) >= 11 is 0. The van der Waals surface area contributed by atoms with Crippen LogP contribution in [0.3, 0.4) is 0 Å². The van der Waals surface area contributed by atoms with E-state index in [2.05, 4.69) is 0 Å². The molecule has 2 unspecified atom stereocenters. The first-order valence-corrected chi connectivity index (χ1v) is 5.67. The number of nitrogens with two attached hydrogens (primary N) is 2. The molecule has 1 aliphatic rings. The fraction of sp³-hybridized carbons (Fsp3) is 0.636. The molecule has 0 amide bonds. The quantitative estimate of drug-likeness (QED) is 0.401. The van der Waals surface area contributed by atoms with E-state index in [0.717, 1.165) is 6.42 Å². The highest BCUT2D eigenvalue weighted by Gasteiger charge is 2.33. The topological polar surface area (TPSA) is 104 Å². The zero-order chi connectivity index (χ0) is 12.9. The molecule has 0 bridgehead atoms. The van der Waals surface area contributed by atoms with E-state index in [1.54, 1.807) is 6.08 Å². The van der Waals surface area contributed by atoms with Crippen LogP contribution >= 0.6 is 0 Å². The molecule has 6 nitrogen and oxygen atoms in total. The second kappa shape index (κ2) is 5.90. The van der Waals surface area contributed by atoms with Crippen LogP contribution in [0.1, 0.15) is 19.8 Å². The number of allylic oxidation sites excluding steroid dienone is 1. The number of rotatable bonds is 6. The number of ether oxygens (including phenoxy) is 1. The van der Waals surface area contributed by atoms with Crippen molar-refractivity contribution in [3.05, 3.63) is 34.0 Å². The third kappa shape index (κ3) is 3.62. The molecule has 0 aromatic heterocycles. The van der Waals surface area contributed by atoms with E-state index in [0.29, 0.717) is 19.6 Å². The first-order valence-electron chi connectivity index (χ1n) is 5.67. The van der Waals surface area contributed by atoms with E-state index in [1.807, 2.05) is 6.92 Å². The Morgan fingerprint density at radius 2 is 2.35 bits per heavy atom. The highest BCUT2D eigenvalue weighted by molar-refractivity contribution is 5.29. The summed E-state index contributed by atoms with van der Waals surface area (Å²) < 4.78 is 5.22. The van der Waals surface area contributed by atoms with E-state index in [-0.39, 0.29) is 5.70 Å². The van der Waals surface area contributed by atoms with Gasteiger partial charge in [-0.1, -0.05) is 6.08 Å². The highest BCUT2D eigenvalue weighted by Crippen LogP contribution is 2.22. The fourth-order valence-electron chi connectivity index (χ4n) is 1.74. The minimum absolute atomic E-state index is 0.00313. The Labute approximate surface area is 100 Å². The van der Waals surface area contributed by atoms with Gasteiger partial charge in [0.2, 0.25) is 0 Å². The maximum Gasteiger partial charge on any atom is 0.266 e. The average Bonchev–Trinajstić information content (AvgIpc) is 2.28. The van der Waals surface area contributed by atoms with Gasteiger partial charge < -0.3 is 16.2 Å². The third-order valence-electron chi connectivity index (χ3n) is 2.85. The molecule has 0 aromatic rings. The zero-order valence-corrected chi connectivity index (χ0v) is 9.96. The van der Waals surface area contributed by atoms with Gasteiger partial charge in [-0.3, -0.25) is 10.1 Å². The van der Waals surface area contributed by atoms with E-state index < -0.39 is 16.5 Å². The first-order chi connectivity index (χ1) is 7.99. The Morgan fingerprint density at radius 3 is 2.88 bits per heavy atom. The summed E-state index contributed by atoms with van der Waals surface area (Å²) in [5.74, 6) is 0. The summed E-state index contributed by atoms with van der Waals surface area (Å²) in [6.45, 7) is 3.23. The van der Waals surface area contributed by atoms with Gasteiger partial charge in [-0.05, 0) is 19.8 Å². The van der Waals surface area contributed by atoms with Crippen LogP contribution in [-0.2, 0) is 4.74 Å². The van der Waals surface area contributed by atoms with E-state index in [1.165, 1.54) is 12.2 Å². The van der Waals surface area contributed by atoms with E-state index in [9.17, 15) is 10.1 Å². The second-order valence-corrected chi connectivity index (χ2v) is 4.12. The van der Waals surface area contributed by atoms with Gasteiger partial charge in [-0.2, -0.15) is 0 Å². The van der Waals surface area contributed by atoms with Gasteiger partial charge in [-0.25, -0.2) is 0 Å². The molecule has 0 saturated heterocycles. The van der Waals surface area contributed by atoms with Crippen molar-refractivity contribution >= 4 is 0 Å². The van der Waals surface area contributed by atoms with Gasteiger partial charge in [0.15, 0.2) is 0 Å². The van der Waals surface area contributed by atoms with Crippen molar-refractivity contribution in [3.8, 4) is 0 Å². The monoisotopic (exact) mass is 241 g/mol. The summed E-state index contributed by atoms with van der Waals surface area (Å²) in [5.41, 5.74) is 11.3. The van der Waals surface area contributed by atoms with E-state index >= 15 is 0 Å². The fourth-order valence-corrected chi connectivity index (χ4v) is 1.74. The lowest BCUT2D eigenvalue weighted by molar-refractivity contribution is -0.419. The van der Waals surface area contributed by atoms with Gasteiger partial charge in [0.1, 0.15) is 0 Å². The number of nitro groups is 1. The molecule has 96 valence electrons. The Balaban J connectivity index is 2.56. The summed E-state index contributed by atoms with van der Waals surface area (Å²) in [6, 6.07) is -0.533. The smallest absolute Gasteiger partial charge is 0.266 e. The Kier molecular flexibility index (Phi) is 4.80. The van der Waals surface area contributed by atoms with Crippen molar-refractivity contribution in [3.63, 3.8) is 0 Å². The van der Waals surface area contributed by atoms with Gasteiger partial charge in [-0.15, -0.1) is 0 Å². The molecular weight excluding hydrogens is 222 g/mol. The molecule has 0 spiro atoms. The molecule has 0 saturated carbocycles. The minimum Gasteiger partial charge on any atom is -0.382 e. The molecule has 1 aliphatic carbocycles. The molecular formula is C11H19N3O3. The molecule has 1 rings (SSSR count). The Hall–Kier alpha value is -1.24. The number of hydrogen-bond donors (Lipinski definition) is 2. The summed E-state index contributed by atoms with van der Waals surface area (Å²) in [4.78, 5) is 10.1. The average molecular weight is 241 g/mol. The molecule has 2 atom stereocenters. The van der Waals surface area contributed by atoms with Gasteiger partial charge in [0, 0.05) is 25.4 Å². The van der Waals surface area contributed by atoms with Crippen molar-refractivity contribution < 1.29 is 9.66 Å². The normalized spacial score (nSPS) is 27.9. The predicted molar refractivity (Wildman–Crippen MR) is 64.8 cm³/mol. The van der Waals surface area contributed by atoms with Crippen LogP contribution in [0.25, 0.3) is 0 Å². The molecule has 4 N–H and O–H groups in total. The SMILES string of the molecule is CCOCCCC1(N)C=CC([N+](=O)[O-])=CC1N. The third-order valence-corrected chi connectivity index (χ3v) is 2.85. The minimum atomic E-state index is -0.712. The molecule has 0 fully saturated rings. The van der Waals surface area contributed by atoms with Crippen LogP contribution in [0.2, 0.25) is 0 Å². The second-order valence-electron chi connectivity index (χ2n) is 4.12. The molecule has 0 aliphatic heterocycles. The lowest BCUT2D eigenvalue weighted by Gasteiger charge is -2.32. The van der Waals surface area contributed by atoms with Gasteiger partial charge in [0.25, 0.3) is 5.70 Å². The molecule has 6 heteroatoms. The van der Waals surface area contributed by atoms with Crippen molar-refractivity contribution in [2.24, 2.45) is 11.5 Å². The molecule has 17 heavy (non-hydrogen) atoms. The van der Waals surface area contributed by atoms with Crippen molar-refractivity contribution in [1.82, 2.24) is 0 Å².